The van der Waals surface area contributed by atoms with Crippen LogP contribution < -0.4 is 81.8 Å². The number of hydrogen-bond acceptors (Lipinski definition) is 16. The van der Waals surface area contributed by atoms with Gasteiger partial charge in [0.05, 0.1) is 42.5 Å². The van der Waals surface area contributed by atoms with Crippen LogP contribution in [0.5, 0.6) is 57.5 Å². The molecule has 0 spiro atoms. The average Bonchev–Trinajstić information content (AvgIpc) is 0.790. The highest BCUT2D eigenvalue weighted by Crippen LogP contribution is 2.50. The van der Waals surface area contributed by atoms with Gasteiger partial charge in [-0.05, 0) is 219 Å². The molecule has 12 aromatic carbocycles. The van der Waals surface area contributed by atoms with Gasteiger partial charge in [-0.3, -0.25) is 0 Å². The van der Waals surface area contributed by atoms with Crippen LogP contribution in [-0.2, 0) is 50.9 Å². The summed E-state index contributed by atoms with van der Waals surface area (Å²) >= 11 is 12.6. The van der Waals surface area contributed by atoms with Crippen molar-refractivity contribution < 1.29 is 91.3 Å². The maximum absolute atomic E-state index is 14.1. The minimum absolute atomic E-state index is 0.0193. The Morgan fingerprint density at radius 3 is 0.970 bits per heavy atom. The first-order valence-electron chi connectivity index (χ1n) is 43.6. The summed E-state index contributed by atoms with van der Waals surface area (Å²) in [7, 11) is 4.66. The third-order valence-electron chi connectivity index (χ3n) is 23.7. The number of halogens is 12. The van der Waals surface area contributed by atoms with Crippen LogP contribution in [0.15, 0.2) is 224 Å². The van der Waals surface area contributed by atoms with E-state index in [4.69, 9.17) is 100 Å². The maximum atomic E-state index is 14.1. The van der Waals surface area contributed by atoms with Crippen LogP contribution in [0.3, 0.4) is 0 Å². The number of hydrogen-bond donors (Lipinski definition) is 6. The van der Waals surface area contributed by atoms with Crippen LogP contribution in [0.4, 0.5) is 43.9 Å². The molecule has 0 aromatic heterocycles. The van der Waals surface area contributed by atoms with Gasteiger partial charge in [0.15, 0.2) is 0 Å². The van der Waals surface area contributed by atoms with E-state index in [2.05, 4.69) is 48.1 Å². The Morgan fingerprint density at radius 1 is 0.311 bits per heavy atom. The smallest absolute Gasteiger partial charge is 0.497 e. The third kappa shape index (κ3) is 23.6. The quantitative estimate of drug-likeness (QED) is 0.0492. The lowest BCUT2D eigenvalue weighted by molar-refractivity contribution is -0.274. The van der Waals surface area contributed by atoms with Crippen LogP contribution in [0, 0.1) is 19.7 Å². The summed E-state index contributed by atoms with van der Waals surface area (Å²) in [5.74, 6) is 5.43. The largest absolute Gasteiger partial charge is 0.573 e. The minimum atomic E-state index is -4.74. The molecule has 6 aliphatic heterocycles. The Balaban J connectivity index is 0.000000135. The molecule has 0 aliphatic carbocycles. The van der Waals surface area contributed by atoms with Crippen LogP contribution in [0.25, 0.3) is 66.8 Å². The van der Waals surface area contributed by atoms with Crippen molar-refractivity contribution in [3.05, 3.63) is 296 Å². The van der Waals surface area contributed by atoms with Gasteiger partial charge >= 0.3 is 18.7 Å². The van der Waals surface area contributed by atoms with E-state index in [1.807, 2.05) is 78.9 Å². The van der Waals surface area contributed by atoms with Crippen LogP contribution >= 0.6 is 23.2 Å². The molecule has 0 saturated heterocycles. The topological polar surface area (TPSA) is 248 Å². The van der Waals surface area contributed by atoms with Gasteiger partial charge in [-0.25, -0.2) is 4.39 Å². The SMILES string of the molecule is COc1ccc(-c2cccc3c2O[C@@H](CN)CC3)c(C(F)(F)F)c1.COc1ccc(-c2cccc3c2O[C@@H](CN)CC3)c(C)c1.COc1ccc(-c2cccc3c2O[C@@H](CN)CC3)c(Cl)c1.Cc1ccc(-c2cccc3c2O[C@@H](CN)CC3)c(C(F)(F)F)c1.NC[C@H]1CCc2cccc(-c3c(F)cccc3Cl)c2O1.NC[C@H]1CCc2cccc(-c3ccccc3OC(F)(F)F)c2O1. The predicted molar refractivity (Wildman–Crippen MR) is 498 cm³/mol. The second-order valence-electron chi connectivity index (χ2n) is 32.5. The number of aryl methyl sites for hydroxylation is 8. The minimum Gasteiger partial charge on any atom is -0.497 e. The first-order valence-corrected chi connectivity index (χ1v) is 44.4. The molecule has 12 aromatic rings. The summed E-state index contributed by atoms with van der Waals surface area (Å²) in [6, 6.07) is 65.3. The van der Waals surface area contributed by atoms with Crippen molar-refractivity contribution in [1.29, 1.82) is 0 Å². The molecule has 6 heterocycles. The van der Waals surface area contributed by atoms with E-state index in [0.29, 0.717) is 111 Å². The first-order chi connectivity index (χ1) is 63.5. The van der Waals surface area contributed by atoms with Crippen LogP contribution in [-0.4, -0.2) is 104 Å². The van der Waals surface area contributed by atoms with E-state index in [9.17, 15) is 43.9 Å². The van der Waals surface area contributed by atoms with Crippen molar-refractivity contribution in [2.24, 2.45) is 34.4 Å². The highest BCUT2D eigenvalue weighted by Gasteiger charge is 2.39. The standard InChI is InChI=1S/C18H18F3NO2.C18H18F3NO.C18H21NO2.C17H18ClNO2.C17H16F3NO2.C16H15ClFNO/c1-23-12-7-8-14(16(9-12)18(19,20)21)15-4-2-3-11-5-6-13(10-22)24-17(11)15;1-11-5-8-14(16(9-11)18(19,20)21)15-4-2-3-12-6-7-13(10-22)23-17(12)15;1-12-10-14(20-2)8-9-16(12)17-5-3-4-13-6-7-15(11-19)21-18(13)17;1-20-12-7-8-14(16(18)9-12)15-4-2-3-11-5-6-13(10-19)21-17(11)15;18-17(19,20)23-15-7-2-1-5-13(15)14-6-3-4-11-8-9-12(10-21)22-16(11)14;17-13-5-2-6-14(18)15(13)12-4-1-3-10-7-8-11(9-19)20-16(10)12/h2-4,7-9,13H,5-6,10,22H2,1H3;2-5,8-9,13H,6-7,10,22H2,1H3;3-5,8-10,15H,6-7,11,19H2,1-2H3;2-4,7-9,13H,5-6,10,19H2,1H3;1-7,12H,8-10,21H2;1-6,11H,7-9,19H2/t2*13-;15-;13-;12-;11-/m111111/s1. The van der Waals surface area contributed by atoms with E-state index in [-0.39, 0.29) is 65.1 Å². The molecule has 0 radical (unpaired) electrons. The molecule has 0 bridgehead atoms. The molecular formula is C104H106Cl2F10N6O10. The number of alkyl halides is 9. The summed E-state index contributed by atoms with van der Waals surface area (Å²) in [5.41, 5.74) is 48.4. The zero-order valence-electron chi connectivity index (χ0n) is 73.6. The molecule has 6 aliphatic rings. The normalized spacial score (nSPS) is 17.2. The van der Waals surface area contributed by atoms with Gasteiger partial charge in [-0.1, -0.05) is 180 Å². The molecule has 28 heteroatoms. The number of ether oxygens (including phenoxy) is 10. The molecule has 0 fully saturated rings. The fourth-order valence-electron chi connectivity index (χ4n) is 16.8. The van der Waals surface area contributed by atoms with E-state index >= 15 is 0 Å². The summed E-state index contributed by atoms with van der Waals surface area (Å²) in [4.78, 5) is 0. The molecule has 6 atom stereocenters. The van der Waals surface area contributed by atoms with Gasteiger partial charge in [0.1, 0.15) is 99.9 Å². The van der Waals surface area contributed by atoms with Crippen LogP contribution in [0.1, 0.15) is 94.2 Å². The van der Waals surface area contributed by atoms with Gasteiger partial charge in [-0.2, -0.15) is 26.3 Å². The molecule has 0 amide bonds. The monoisotopic (exact) mass is 1860 g/mol. The lowest BCUT2D eigenvalue weighted by Gasteiger charge is -2.28. The molecule has 132 heavy (non-hydrogen) atoms. The van der Waals surface area contributed by atoms with Gasteiger partial charge in [0.2, 0.25) is 0 Å². The third-order valence-corrected chi connectivity index (χ3v) is 24.3. The zero-order valence-corrected chi connectivity index (χ0v) is 75.1. The van der Waals surface area contributed by atoms with Gasteiger partial charge in [0.25, 0.3) is 0 Å². The van der Waals surface area contributed by atoms with Crippen molar-refractivity contribution >= 4 is 23.2 Å². The molecule has 18 rings (SSSR count). The highest BCUT2D eigenvalue weighted by atomic mass is 35.5. The Morgan fingerprint density at radius 2 is 0.614 bits per heavy atom. The second-order valence-corrected chi connectivity index (χ2v) is 33.3. The summed E-state index contributed by atoms with van der Waals surface area (Å²) < 4.78 is 188. The number of benzene rings is 12. The second kappa shape index (κ2) is 44.2. The summed E-state index contributed by atoms with van der Waals surface area (Å²) in [5, 5.41) is 1.04. The van der Waals surface area contributed by atoms with E-state index in [1.54, 1.807) is 81.8 Å². The number of rotatable bonds is 16. The Labute approximate surface area is 771 Å². The lowest BCUT2D eigenvalue weighted by Crippen LogP contribution is -2.30. The lowest BCUT2D eigenvalue weighted by atomic mass is 9.92. The maximum Gasteiger partial charge on any atom is 0.573 e. The zero-order chi connectivity index (χ0) is 94.1. The van der Waals surface area contributed by atoms with Crippen molar-refractivity contribution in [3.8, 4) is 124 Å². The van der Waals surface area contributed by atoms with E-state index in [0.717, 1.165) is 145 Å². The number of nitrogens with two attached hydrogens (primary N) is 6. The van der Waals surface area contributed by atoms with E-state index in [1.165, 1.54) is 71.8 Å². The Hall–Kier alpha value is -11.7. The van der Waals surface area contributed by atoms with E-state index < -0.39 is 29.8 Å². The fraction of sp³-hybridized carbons (Fsp3) is 0.308. The van der Waals surface area contributed by atoms with Crippen LogP contribution in [0.2, 0.25) is 10.0 Å². The van der Waals surface area contributed by atoms with Gasteiger partial charge in [0, 0.05) is 89.3 Å². The van der Waals surface area contributed by atoms with Gasteiger partial charge < -0.3 is 81.8 Å². The number of fused-ring (bicyclic) bond motifs is 6. The molecule has 0 saturated carbocycles. The molecule has 16 nitrogen and oxygen atoms in total. The molecule has 12 N–H and O–H groups in total. The predicted octanol–water partition coefficient (Wildman–Crippen LogP) is 23.1. The van der Waals surface area contributed by atoms with Crippen molar-refractivity contribution in [1.82, 2.24) is 0 Å². The molecular weight excluding hydrogens is 1750 g/mol. The Kier molecular flexibility index (Phi) is 32.8. The summed E-state index contributed by atoms with van der Waals surface area (Å²) in [6.45, 7) is 6.37. The number of methoxy groups -OCH3 is 3. The Bertz CT molecular complexity index is 5850. The first kappa shape index (κ1) is 97.8. The van der Waals surface area contributed by atoms with Crippen molar-refractivity contribution in [2.75, 3.05) is 60.6 Å². The van der Waals surface area contributed by atoms with Crippen molar-refractivity contribution in [2.45, 2.75) is 146 Å². The van der Waals surface area contributed by atoms with Gasteiger partial charge in [-0.15, -0.1) is 13.2 Å². The number of para-hydroxylation sites is 7. The fourth-order valence-corrected chi connectivity index (χ4v) is 17.4. The average molecular weight is 1860 g/mol. The highest BCUT2D eigenvalue weighted by molar-refractivity contribution is 6.34. The molecule has 696 valence electrons. The van der Waals surface area contributed by atoms with Crippen molar-refractivity contribution in [3.63, 3.8) is 0 Å². The summed E-state index contributed by atoms with van der Waals surface area (Å²) in [6.07, 6.45) is -3.54. The molecule has 0 unspecified atom stereocenters.